The van der Waals surface area contributed by atoms with Crippen LogP contribution in [-0.4, -0.2) is 65.7 Å². The molecular weight excluding hydrogens is 804 g/mol. The molecule has 11 heteroatoms. The van der Waals surface area contributed by atoms with Crippen LogP contribution >= 0.6 is 7.82 Å². The maximum atomic E-state index is 12.7. The van der Waals surface area contributed by atoms with Crippen molar-refractivity contribution >= 4 is 19.8 Å². The van der Waals surface area contributed by atoms with Crippen molar-refractivity contribution in [1.82, 2.24) is 0 Å². The Labute approximate surface area is 379 Å². The fourth-order valence-electron chi connectivity index (χ4n) is 6.87. The zero-order valence-electron chi connectivity index (χ0n) is 39.6. The van der Waals surface area contributed by atoms with Gasteiger partial charge >= 0.3 is 19.8 Å². The van der Waals surface area contributed by atoms with E-state index in [4.69, 9.17) is 23.6 Å². The van der Waals surface area contributed by atoms with Gasteiger partial charge in [0.05, 0.1) is 19.8 Å². The minimum Gasteiger partial charge on any atom is -0.462 e. The summed E-state index contributed by atoms with van der Waals surface area (Å²) in [5.74, 6) is -0.982. The van der Waals surface area contributed by atoms with Gasteiger partial charge in [-0.3, -0.25) is 18.6 Å². The number of rotatable bonds is 47. The first-order valence-electron chi connectivity index (χ1n) is 25.1. The molecule has 0 heterocycles. The second kappa shape index (κ2) is 46.9. The summed E-state index contributed by atoms with van der Waals surface area (Å²) in [5, 5.41) is 18.4. The van der Waals surface area contributed by atoms with Crippen molar-refractivity contribution < 1.29 is 47.8 Å². The number of hydrogen-bond acceptors (Lipinski definition) is 9. The van der Waals surface area contributed by atoms with E-state index in [1.165, 1.54) is 141 Å². The Morgan fingerprint density at radius 3 is 1.31 bits per heavy atom. The van der Waals surface area contributed by atoms with E-state index in [0.717, 1.165) is 38.5 Å². The Hall–Kier alpha value is -2.07. The van der Waals surface area contributed by atoms with Crippen LogP contribution in [0.4, 0.5) is 0 Å². The lowest BCUT2D eigenvalue weighted by Crippen LogP contribution is -2.29. The average Bonchev–Trinajstić information content (AvgIpc) is 3.26. The molecular formula is C51H93O10P. The highest BCUT2D eigenvalue weighted by Gasteiger charge is 2.27. The van der Waals surface area contributed by atoms with Crippen LogP contribution in [0.15, 0.2) is 48.6 Å². The molecule has 0 aromatic heterocycles. The number of carbonyl (C=O) groups is 2. The van der Waals surface area contributed by atoms with Gasteiger partial charge in [0.25, 0.3) is 0 Å². The third kappa shape index (κ3) is 45.9. The lowest BCUT2D eigenvalue weighted by atomic mass is 10.0. The van der Waals surface area contributed by atoms with Gasteiger partial charge in [0.15, 0.2) is 6.10 Å². The summed E-state index contributed by atoms with van der Waals surface area (Å²) in [5.41, 5.74) is 0. The first kappa shape index (κ1) is 59.9. The van der Waals surface area contributed by atoms with E-state index in [1.807, 2.05) is 6.08 Å². The number of hydrogen-bond donors (Lipinski definition) is 3. The molecule has 0 radical (unpaired) electrons. The fraction of sp³-hybridized carbons (Fsp3) is 0.804. The van der Waals surface area contributed by atoms with E-state index in [0.29, 0.717) is 19.3 Å². The molecule has 0 aliphatic heterocycles. The molecule has 0 bridgehead atoms. The van der Waals surface area contributed by atoms with Gasteiger partial charge in [-0.15, -0.1) is 0 Å². The van der Waals surface area contributed by atoms with Gasteiger partial charge in [0, 0.05) is 12.8 Å². The third-order valence-electron chi connectivity index (χ3n) is 10.7. The van der Waals surface area contributed by atoms with Crippen LogP contribution in [0, 0.1) is 0 Å². The summed E-state index contributed by atoms with van der Waals surface area (Å²) < 4.78 is 32.8. The average molecular weight is 897 g/mol. The Bertz CT molecular complexity index is 1170. The molecule has 0 aromatic carbocycles. The third-order valence-corrected chi connectivity index (χ3v) is 11.7. The number of phosphoric ester groups is 1. The van der Waals surface area contributed by atoms with Crippen LogP contribution in [0.5, 0.6) is 0 Å². The first-order valence-corrected chi connectivity index (χ1v) is 26.6. The zero-order valence-corrected chi connectivity index (χ0v) is 40.5. The van der Waals surface area contributed by atoms with Crippen molar-refractivity contribution in [3.63, 3.8) is 0 Å². The number of ether oxygens (including phenoxy) is 2. The number of phosphoric acid groups is 1. The molecule has 0 fully saturated rings. The molecule has 0 aliphatic rings. The van der Waals surface area contributed by atoms with Crippen LogP contribution in [-0.2, 0) is 32.7 Å². The van der Waals surface area contributed by atoms with Crippen molar-refractivity contribution in [1.29, 1.82) is 0 Å². The van der Waals surface area contributed by atoms with Crippen LogP contribution in [0.2, 0.25) is 0 Å². The van der Waals surface area contributed by atoms with E-state index in [2.05, 4.69) is 56.4 Å². The van der Waals surface area contributed by atoms with Gasteiger partial charge in [0.1, 0.15) is 12.7 Å². The summed E-state index contributed by atoms with van der Waals surface area (Å²) in [6, 6.07) is 0. The van der Waals surface area contributed by atoms with Gasteiger partial charge in [-0.05, 0) is 51.4 Å². The zero-order chi connectivity index (χ0) is 45.5. The maximum Gasteiger partial charge on any atom is 0.472 e. The van der Waals surface area contributed by atoms with Gasteiger partial charge in [-0.1, -0.05) is 210 Å². The van der Waals surface area contributed by atoms with Crippen molar-refractivity contribution in [3.05, 3.63) is 48.6 Å². The van der Waals surface area contributed by atoms with E-state index < -0.39 is 51.8 Å². The second-order valence-electron chi connectivity index (χ2n) is 16.8. The first-order chi connectivity index (χ1) is 30.2. The lowest BCUT2D eigenvalue weighted by molar-refractivity contribution is -0.161. The molecule has 0 spiro atoms. The fourth-order valence-corrected chi connectivity index (χ4v) is 7.66. The minimum atomic E-state index is -4.63. The number of unbranched alkanes of at least 4 members (excludes halogenated alkanes) is 25. The molecule has 0 aliphatic carbocycles. The predicted octanol–water partition coefficient (Wildman–Crippen LogP) is 14.1. The Balaban J connectivity index is 4.28. The molecule has 0 aromatic rings. The molecule has 3 N–H and O–H groups in total. The lowest BCUT2D eigenvalue weighted by Gasteiger charge is -2.20. The minimum absolute atomic E-state index is 0.167. The molecule has 62 heavy (non-hydrogen) atoms. The highest BCUT2D eigenvalue weighted by Crippen LogP contribution is 2.43. The number of aliphatic hydroxyl groups is 2. The van der Waals surface area contributed by atoms with E-state index >= 15 is 0 Å². The normalized spacial score (nSPS) is 14.1. The highest BCUT2D eigenvalue weighted by atomic mass is 31.2. The monoisotopic (exact) mass is 897 g/mol. The number of allylic oxidation sites excluding steroid dienone is 8. The molecule has 0 saturated heterocycles. The maximum absolute atomic E-state index is 12.7. The number of esters is 2. The summed E-state index contributed by atoms with van der Waals surface area (Å²) in [6.07, 6.45) is 52.3. The molecule has 3 atom stereocenters. The van der Waals surface area contributed by atoms with Crippen LogP contribution in [0.25, 0.3) is 0 Å². The van der Waals surface area contributed by atoms with Gasteiger partial charge in [-0.25, -0.2) is 4.57 Å². The summed E-state index contributed by atoms with van der Waals surface area (Å²) in [7, 11) is -4.63. The molecule has 0 saturated carbocycles. The van der Waals surface area contributed by atoms with Crippen LogP contribution in [0.3, 0.4) is 0 Å². The summed E-state index contributed by atoms with van der Waals surface area (Å²) in [4.78, 5) is 35.1. The smallest absolute Gasteiger partial charge is 0.462 e. The van der Waals surface area contributed by atoms with E-state index in [9.17, 15) is 24.2 Å². The van der Waals surface area contributed by atoms with Crippen LogP contribution < -0.4 is 0 Å². The van der Waals surface area contributed by atoms with Gasteiger partial charge in [0.2, 0.25) is 0 Å². The Morgan fingerprint density at radius 2 is 0.855 bits per heavy atom. The largest absolute Gasteiger partial charge is 0.472 e. The van der Waals surface area contributed by atoms with Crippen LogP contribution in [0.1, 0.15) is 226 Å². The molecule has 362 valence electrons. The van der Waals surface area contributed by atoms with Crippen molar-refractivity contribution in [3.8, 4) is 0 Å². The molecule has 1 unspecified atom stereocenters. The second-order valence-corrected chi connectivity index (χ2v) is 18.3. The predicted molar refractivity (Wildman–Crippen MR) is 256 cm³/mol. The molecule has 0 rings (SSSR count). The van der Waals surface area contributed by atoms with E-state index in [-0.39, 0.29) is 19.4 Å². The Kier molecular flexibility index (Phi) is 45.3. The number of aliphatic hydroxyl groups excluding tert-OH is 2. The van der Waals surface area contributed by atoms with Gasteiger partial charge in [-0.2, -0.15) is 0 Å². The topological polar surface area (TPSA) is 149 Å². The quantitative estimate of drug-likeness (QED) is 0.0233. The van der Waals surface area contributed by atoms with Crippen molar-refractivity contribution in [2.75, 3.05) is 26.4 Å². The Morgan fingerprint density at radius 1 is 0.484 bits per heavy atom. The molecule has 0 amide bonds. The van der Waals surface area contributed by atoms with Crippen molar-refractivity contribution in [2.24, 2.45) is 0 Å². The number of carbonyl (C=O) groups excluding carboxylic acids is 2. The highest BCUT2D eigenvalue weighted by molar-refractivity contribution is 7.47. The van der Waals surface area contributed by atoms with Gasteiger partial charge < -0.3 is 24.6 Å². The summed E-state index contributed by atoms with van der Waals surface area (Å²) in [6.45, 7) is 2.35. The van der Waals surface area contributed by atoms with E-state index in [1.54, 1.807) is 0 Å². The standard InChI is InChI=1S/C51H93O10P/c1-3-5-7-9-11-13-15-17-19-21-23-24-25-27-28-30-32-34-36-38-40-42-50(54)58-46-49(47-60-62(56,57)59-45-48(53)44-52)61-51(55)43-41-39-37-35-33-31-29-26-22-20-18-16-14-12-10-8-6-4-2/h19,21,24-25,28,30,34,36,48-49,52-53H,3-18,20,22-23,26-27,29,31-33,35,37-47H2,1-2H3,(H,56,57)/b21-19+,25-24+,30-28+,36-34+/t48-,49+/m0/s1. The van der Waals surface area contributed by atoms with Crippen molar-refractivity contribution in [2.45, 2.75) is 238 Å². The molecule has 10 nitrogen and oxygen atoms in total. The SMILES string of the molecule is CCCCCCCCC/C=C/C/C=C/C/C=C/C/C=C/CCCC(=O)OC[C@H](COP(=O)(O)OC[C@@H](O)CO)OC(=O)CCCCCCCCCCCCCCCCCCCC. The summed E-state index contributed by atoms with van der Waals surface area (Å²) >= 11 is 0.